The molecule has 0 fully saturated rings. The van der Waals surface area contributed by atoms with Gasteiger partial charge in [-0.1, -0.05) is 62.5 Å². The molecule has 7 heteroatoms. The van der Waals surface area contributed by atoms with Gasteiger partial charge in [0, 0.05) is 19.3 Å². The molecule has 0 aromatic heterocycles. The molecule has 0 spiro atoms. The van der Waals surface area contributed by atoms with Crippen LogP contribution in [0.1, 0.15) is 57.2 Å². The highest BCUT2D eigenvalue weighted by Gasteiger charge is 2.41. The third-order valence-corrected chi connectivity index (χ3v) is 6.59. The van der Waals surface area contributed by atoms with Gasteiger partial charge in [-0.25, -0.2) is 9.79 Å². The zero-order valence-electron chi connectivity index (χ0n) is 19.4. The maximum Gasteiger partial charge on any atom is 0.338 e. The molecule has 1 aromatic carbocycles. The summed E-state index contributed by atoms with van der Waals surface area (Å²) in [7, 11) is 1.79. The van der Waals surface area contributed by atoms with Gasteiger partial charge in [-0.3, -0.25) is 4.79 Å². The van der Waals surface area contributed by atoms with Crippen molar-refractivity contribution in [2.75, 3.05) is 20.2 Å². The molecule has 1 atom stereocenters. The van der Waals surface area contributed by atoms with Crippen molar-refractivity contribution in [1.82, 2.24) is 9.80 Å². The average molecular weight is 454 g/mol. The lowest BCUT2D eigenvalue weighted by Crippen LogP contribution is -2.38. The molecule has 2 aliphatic heterocycles. The lowest BCUT2D eigenvalue weighted by atomic mass is 9.92. The number of thioether (sulfide) groups is 1. The third-order valence-electron chi connectivity index (χ3n) is 5.70. The third kappa shape index (κ3) is 4.83. The molecule has 170 valence electrons. The smallest absolute Gasteiger partial charge is 0.338 e. The number of carbonyl (C=O) groups is 2. The van der Waals surface area contributed by atoms with Crippen molar-refractivity contribution >= 4 is 28.8 Å². The predicted octanol–water partition coefficient (Wildman–Crippen LogP) is 4.98. The van der Waals surface area contributed by atoms with Crippen LogP contribution >= 0.6 is 11.8 Å². The van der Waals surface area contributed by atoms with E-state index in [4.69, 9.17) is 4.74 Å². The Bertz CT molecular complexity index is 992. The summed E-state index contributed by atoms with van der Waals surface area (Å²) in [6, 6.07) is 7.88. The standard InChI is InChI=1S/C25H31N3O3S/c1-7-13-31-24(30)22-17(5)26-25-28(20(15-32-25)14-21(29)27(6)8-2)23(22)19-11-9-18(10-12-19)16(3)4/h7,9-12,15-16,23H,1,8,13-14H2,2-6H3/t23-/m0/s1. The second-order valence-corrected chi connectivity index (χ2v) is 9.02. The van der Waals surface area contributed by atoms with Gasteiger partial charge in [0.2, 0.25) is 5.91 Å². The first-order chi connectivity index (χ1) is 15.3. The number of carbonyl (C=O) groups excluding carboxylic acids is 2. The van der Waals surface area contributed by atoms with Gasteiger partial charge in [-0.15, -0.1) is 0 Å². The number of allylic oxidation sites excluding steroid dienone is 1. The molecule has 32 heavy (non-hydrogen) atoms. The van der Waals surface area contributed by atoms with Crippen molar-refractivity contribution in [2.24, 2.45) is 4.99 Å². The van der Waals surface area contributed by atoms with Crippen molar-refractivity contribution in [1.29, 1.82) is 0 Å². The van der Waals surface area contributed by atoms with Crippen LogP contribution in [0.5, 0.6) is 0 Å². The molecular formula is C25H31N3O3S. The van der Waals surface area contributed by atoms with Crippen LogP contribution in [0.2, 0.25) is 0 Å². The summed E-state index contributed by atoms with van der Waals surface area (Å²) in [6.45, 7) is 12.5. The minimum atomic E-state index is -0.420. The number of ether oxygens (including phenoxy) is 1. The van der Waals surface area contributed by atoms with Gasteiger partial charge in [-0.05, 0) is 36.3 Å². The van der Waals surface area contributed by atoms with Crippen molar-refractivity contribution in [3.63, 3.8) is 0 Å². The van der Waals surface area contributed by atoms with Gasteiger partial charge in [0.25, 0.3) is 0 Å². The second-order valence-electron chi connectivity index (χ2n) is 8.19. The van der Waals surface area contributed by atoms with E-state index in [9.17, 15) is 9.59 Å². The molecule has 3 rings (SSSR count). The van der Waals surface area contributed by atoms with E-state index < -0.39 is 12.0 Å². The van der Waals surface area contributed by atoms with Crippen LogP contribution < -0.4 is 0 Å². The molecule has 2 heterocycles. The van der Waals surface area contributed by atoms with Crippen LogP contribution in [0.3, 0.4) is 0 Å². The van der Waals surface area contributed by atoms with E-state index >= 15 is 0 Å². The van der Waals surface area contributed by atoms with E-state index in [0.717, 1.165) is 16.4 Å². The van der Waals surface area contributed by atoms with E-state index in [2.05, 4.69) is 49.7 Å². The first kappa shape index (κ1) is 23.9. The Kier molecular flexibility index (Phi) is 7.61. The maximum atomic E-state index is 13.1. The minimum absolute atomic E-state index is 0.0246. The highest BCUT2D eigenvalue weighted by Crippen LogP contribution is 2.45. The summed E-state index contributed by atoms with van der Waals surface area (Å²) < 4.78 is 5.42. The molecule has 1 aromatic rings. The van der Waals surface area contributed by atoms with Gasteiger partial charge in [-0.2, -0.15) is 0 Å². The Morgan fingerprint density at radius 1 is 1.31 bits per heavy atom. The molecule has 0 saturated heterocycles. The van der Waals surface area contributed by atoms with Gasteiger partial charge >= 0.3 is 5.97 Å². The second kappa shape index (κ2) is 10.2. The highest BCUT2D eigenvalue weighted by atomic mass is 32.2. The number of amides is 1. The van der Waals surface area contributed by atoms with Crippen LogP contribution in [0.4, 0.5) is 0 Å². The van der Waals surface area contributed by atoms with E-state index in [1.54, 1.807) is 18.0 Å². The zero-order chi connectivity index (χ0) is 23.4. The number of rotatable bonds is 8. The summed E-state index contributed by atoms with van der Waals surface area (Å²) in [6.07, 6.45) is 1.79. The van der Waals surface area contributed by atoms with Crippen molar-refractivity contribution in [2.45, 2.75) is 46.1 Å². The van der Waals surface area contributed by atoms with E-state index in [-0.39, 0.29) is 18.9 Å². The molecule has 0 aliphatic carbocycles. The average Bonchev–Trinajstić information content (AvgIpc) is 3.17. The number of hydrogen-bond donors (Lipinski definition) is 0. The fraction of sp³-hybridized carbons (Fsp3) is 0.400. The number of nitrogens with zero attached hydrogens (tertiary/aromatic N) is 3. The molecular weight excluding hydrogens is 422 g/mol. The van der Waals surface area contributed by atoms with Crippen LogP contribution in [-0.4, -0.2) is 47.0 Å². The Morgan fingerprint density at radius 3 is 2.59 bits per heavy atom. The van der Waals surface area contributed by atoms with E-state index in [1.807, 2.05) is 24.2 Å². The topological polar surface area (TPSA) is 62.2 Å². The number of fused-ring (bicyclic) bond motifs is 1. The van der Waals surface area contributed by atoms with Crippen molar-refractivity contribution in [3.05, 3.63) is 70.4 Å². The molecule has 0 saturated carbocycles. The van der Waals surface area contributed by atoms with Crippen molar-refractivity contribution in [3.8, 4) is 0 Å². The molecule has 1 amide bonds. The lowest BCUT2D eigenvalue weighted by Gasteiger charge is -2.36. The summed E-state index contributed by atoms with van der Waals surface area (Å²) in [5.41, 5.74) is 4.12. The first-order valence-electron chi connectivity index (χ1n) is 10.8. The predicted molar refractivity (Wildman–Crippen MR) is 130 cm³/mol. The van der Waals surface area contributed by atoms with Gasteiger partial charge < -0.3 is 14.5 Å². The Morgan fingerprint density at radius 2 is 2.00 bits per heavy atom. The molecule has 0 unspecified atom stereocenters. The monoisotopic (exact) mass is 453 g/mol. The van der Waals surface area contributed by atoms with Crippen LogP contribution in [-0.2, 0) is 14.3 Å². The van der Waals surface area contributed by atoms with Gasteiger partial charge in [0.15, 0.2) is 5.17 Å². The van der Waals surface area contributed by atoms with Gasteiger partial charge in [0.05, 0.1) is 23.7 Å². The minimum Gasteiger partial charge on any atom is -0.458 e. The Hall–Kier alpha value is -2.80. The Balaban J connectivity index is 2.05. The molecule has 0 bridgehead atoms. The number of esters is 1. The summed E-state index contributed by atoms with van der Waals surface area (Å²) in [4.78, 5) is 34.1. The molecule has 0 radical (unpaired) electrons. The number of aliphatic imine (C=N–C) groups is 1. The number of amidine groups is 1. The summed E-state index contributed by atoms with van der Waals surface area (Å²) in [5.74, 6) is 0.00906. The summed E-state index contributed by atoms with van der Waals surface area (Å²) in [5, 5.41) is 2.73. The fourth-order valence-corrected chi connectivity index (χ4v) is 4.65. The van der Waals surface area contributed by atoms with Crippen LogP contribution in [0, 0.1) is 0 Å². The molecule has 0 N–H and O–H groups in total. The highest BCUT2D eigenvalue weighted by molar-refractivity contribution is 8.16. The SMILES string of the molecule is C=CCOC(=O)C1=C(C)N=C2SC=C(CC(=O)N(C)CC)N2[C@H]1c1ccc(C(C)C)cc1. The maximum absolute atomic E-state index is 13.1. The number of benzene rings is 1. The molecule has 6 nitrogen and oxygen atoms in total. The first-order valence-corrected chi connectivity index (χ1v) is 11.7. The summed E-state index contributed by atoms with van der Waals surface area (Å²) >= 11 is 1.48. The van der Waals surface area contributed by atoms with Crippen LogP contribution in [0.25, 0.3) is 0 Å². The van der Waals surface area contributed by atoms with Crippen LogP contribution in [0.15, 0.2) is 64.3 Å². The van der Waals surface area contributed by atoms with Gasteiger partial charge in [0.1, 0.15) is 6.61 Å². The fourth-order valence-electron chi connectivity index (χ4n) is 3.69. The zero-order valence-corrected chi connectivity index (χ0v) is 20.2. The quantitative estimate of drug-likeness (QED) is 0.410. The van der Waals surface area contributed by atoms with E-state index in [0.29, 0.717) is 23.7 Å². The van der Waals surface area contributed by atoms with E-state index in [1.165, 1.54) is 17.3 Å². The lowest BCUT2D eigenvalue weighted by molar-refractivity contribution is -0.138. The Labute approximate surface area is 194 Å². The largest absolute Gasteiger partial charge is 0.458 e. The van der Waals surface area contributed by atoms with Crippen molar-refractivity contribution < 1.29 is 14.3 Å². The molecule has 2 aliphatic rings. The number of hydrogen-bond acceptors (Lipinski definition) is 6. The normalized spacial score (nSPS) is 17.7.